The van der Waals surface area contributed by atoms with Crippen molar-refractivity contribution in [1.29, 1.82) is 0 Å². The first-order valence-electron chi connectivity index (χ1n) is 8.33. The van der Waals surface area contributed by atoms with E-state index < -0.39 is 24.2 Å². The molecule has 1 N–H and O–H groups in total. The zero-order valence-corrected chi connectivity index (χ0v) is 14.5. The van der Waals surface area contributed by atoms with Crippen molar-refractivity contribution >= 4 is 16.7 Å². The Morgan fingerprint density at radius 1 is 1.28 bits per heavy atom. The number of ether oxygens (including phenoxy) is 3. The quantitative estimate of drug-likeness (QED) is 0.896. The van der Waals surface area contributed by atoms with Crippen molar-refractivity contribution in [3.63, 3.8) is 0 Å². The molecule has 1 aromatic carbocycles. The van der Waals surface area contributed by atoms with Gasteiger partial charge in [-0.3, -0.25) is 9.13 Å². The molecule has 0 amide bonds. The van der Waals surface area contributed by atoms with Crippen LogP contribution in [0, 0.1) is 0 Å². The van der Waals surface area contributed by atoms with E-state index in [0.29, 0.717) is 11.2 Å². The van der Waals surface area contributed by atoms with Crippen LogP contribution in [0.25, 0.3) is 16.7 Å². The van der Waals surface area contributed by atoms with Gasteiger partial charge >= 0.3 is 5.69 Å². The molecule has 1 aromatic heterocycles. The number of allylic oxidation sites excluding steroid dienone is 1. The van der Waals surface area contributed by atoms with Crippen LogP contribution < -0.4 is 5.69 Å². The van der Waals surface area contributed by atoms with E-state index in [-0.39, 0.29) is 18.4 Å². The van der Waals surface area contributed by atoms with Crippen LogP contribution in [-0.2, 0) is 14.2 Å². The van der Waals surface area contributed by atoms with E-state index in [1.807, 2.05) is 24.3 Å². The van der Waals surface area contributed by atoms with Crippen molar-refractivity contribution in [2.45, 2.75) is 51.1 Å². The van der Waals surface area contributed by atoms with Crippen LogP contribution in [0.1, 0.15) is 27.0 Å². The third-order valence-electron chi connectivity index (χ3n) is 4.70. The van der Waals surface area contributed by atoms with Gasteiger partial charge in [-0.05, 0) is 32.9 Å². The lowest BCUT2D eigenvalue weighted by molar-refractivity contribution is -0.181. The van der Waals surface area contributed by atoms with Crippen LogP contribution in [0.4, 0.5) is 0 Å². The molecule has 2 fully saturated rings. The predicted molar refractivity (Wildman–Crippen MR) is 92.0 cm³/mol. The van der Waals surface area contributed by atoms with Crippen LogP contribution in [0.3, 0.4) is 0 Å². The maximum Gasteiger partial charge on any atom is 0.335 e. The van der Waals surface area contributed by atoms with Gasteiger partial charge in [0, 0.05) is 5.70 Å². The molecule has 0 aliphatic carbocycles. The number of aliphatic hydroxyl groups is 1. The first-order chi connectivity index (χ1) is 11.8. The van der Waals surface area contributed by atoms with Gasteiger partial charge in [0.05, 0.1) is 17.6 Å². The van der Waals surface area contributed by atoms with Gasteiger partial charge in [0.15, 0.2) is 12.0 Å². The topological polar surface area (TPSA) is 74.9 Å². The Hall–Kier alpha value is -1.93. The highest BCUT2D eigenvalue weighted by Crippen LogP contribution is 2.38. The third kappa shape index (κ3) is 2.46. The Bertz CT molecular complexity index is 896. The maximum absolute atomic E-state index is 13.0. The molecule has 25 heavy (non-hydrogen) atoms. The smallest absolute Gasteiger partial charge is 0.335 e. The van der Waals surface area contributed by atoms with Gasteiger partial charge in [-0.2, -0.15) is 0 Å². The van der Waals surface area contributed by atoms with Crippen molar-refractivity contribution < 1.29 is 19.3 Å². The molecule has 7 heteroatoms. The van der Waals surface area contributed by atoms with E-state index in [1.54, 1.807) is 20.8 Å². The van der Waals surface area contributed by atoms with Crippen molar-refractivity contribution in [3.8, 4) is 0 Å². The summed E-state index contributed by atoms with van der Waals surface area (Å²) in [6.07, 6.45) is -2.78. The Kier molecular flexibility index (Phi) is 3.66. The summed E-state index contributed by atoms with van der Waals surface area (Å²) in [5.41, 5.74) is 1.71. The highest BCUT2D eigenvalue weighted by molar-refractivity contribution is 5.79. The molecule has 2 aliphatic rings. The van der Waals surface area contributed by atoms with E-state index in [2.05, 4.69) is 6.58 Å². The number of fused-ring (bicyclic) bond motifs is 2. The SMILES string of the molecule is C=C(C)n1c(=O)n([C@H]2OC[C@H]3OC(C)(C)O[C@H]3[C@@H]2O)c2ccccc21. The summed E-state index contributed by atoms with van der Waals surface area (Å²) in [5, 5.41) is 10.8. The predicted octanol–water partition coefficient (Wildman–Crippen LogP) is 1.70. The molecule has 0 spiro atoms. The molecule has 0 saturated carbocycles. The summed E-state index contributed by atoms with van der Waals surface area (Å²) < 4.78 is 20.4. The Balaban J connectivity index is 1.82. The van der Waals surface area contributed by atoms with Crippen molar-refractivity contribution in [2.24, 2.45) is 0 Å². The van der Waals surface area contributed by atoms with Crippen LogP contribution in [0.5, 0.6) is 0 Å². The standard InChI is InChI=1S/C18H22N2O5/c1-10(2)19-11-7-5-6-8-12(11)20(17(19)22)16-14(21)15-13(9-23-16)24-18(3,4)25-15/h5-8,13-16,21H,1,9H2,2-4H3/t13-,14+,15-,16+/m1/s1. The van der Waals surface area contributed by atoms with E-state index >= 15 is 0 Å². The second-order valence-corrected chi connectivity index (χ2v) is 7.07. The molecule has 2 saturated heterocycles. The zero-order valence-electron chi connectivity index (χ0n) is 14.5. The number of para-hydroxylation sites is 2. The number of rotatable bonds is 2. The number of hydrogen-bond donors (Lipinski definition) is 1. The summed E-state index contributed by atoms with van der Waals surface area (Å²) in [7, 11) is 0. The monoisotopic (exact) mass is 346 g/mol. The van der Waals surface area contributed by atoms with Gasteiger partial charge in [0.2, 0.25) is 0 Å². The van der Waals surface area contributed by atoms with Gasteiger partial charge in [0.1, 0.15) is 18.3 Å². The van der Waals surface area contributed by atoms with Gasteiger partial charge in [-0.15, -0.1) is 0 Å². The first-order valence-corrected chi connectivity index (χ1v) is 8.33. The molecule has 2 aromatic rings. The van der Waals surface area contributed by atoms with E-state index in [0.717, 1.165) is 5.52 Å². The van der Waals surface area contributed by atoms with Gasteiger partial charge in [-0.1, -0.05) is 18.7 Å². The summed E-state index contributed by atoms with van der Waals surface area (Å²) in [4.78, 5) is 13.0. The average Bonchev–Trinajstić information content (AvgIpc) is 3.01. The minimum atomic E-state index is -1.03. The molecule has 0 radical (unpaired) electrons. The lowest BCUT2D eigenvalue weighted by Crippen LogP contribution is -2.51. The molecule has 134 valence electrons. The highest BCUT2D eigenvalue weighted by atomic mass is 16.8. The minimum Gasteiger partial charge on any atom is -0.386 e. The zero-order chi connectivity index (χ0) is 17.9. The third-order valence-corrected chi connectivity index (χ3v) is 4.70. The average molecular weight is 346 g/mol. The summed E-state index contributed by atoms with van der Waals surface area (Å²) in [6, 6.07) is 7.38. The minimum absolute atomic E-state index is 0.245. The second kappa shape index (κ2) is 5.54. The fraction of sp³-hybridized carbons (Fsp3) is 0.500. The van der Waals surface area contributed by atoms with Gasteiger partial charge < -0.3 is 19.3 Å². The van der Waals surface area contributed by atoms with Crippen molar-refractivity contribution in [2.75, 3.05) is 6.61 Å². The largest absolute Gasteiger partial charge is 0.386 e. The molecular formula is C18H22N2O5. The van der Waals surface area contributed by atoms with E-state index in [4.69, 9.17) is 14.2 Å². The number of benzene rings is 1. The van der Waals surface area contributed by atoms with Gasteiger partial charge in [0.25, 0.3) is 0 Å². The fourth-order valence-electron chi connectivity index (χ4n) is 3.75. The Morgan fingerprint density at radius 2 is 1.96 bits per heavy atom. The van der Waals surface area contributed by atoms with Crippen LogP contribution in [-0.4, -0.2) is 44.9 Å². The van der Waals surface area contributed by atoms with E-state index in [1.165, 1.54) is 9.13 Å². The molecule has 0 unspecified atom stereocenters. The Morgan fingerprint density at radius 3 is 2.64 bits per heavy atom. The van der Waals surface area contributed by atoms with Crippen molar-refractivity contribution in [1.82, 2.24) is 9.13 Å². The maximum atomic E-state index is 13.0. The summed E-state index contributed by atoms with van der Waals surface area (Å²) >= 11 is 0. The molecule has 0 bridgehead atoms. The molecule has 2 aliphatic heterocycles. The number of aliphatic hydroxyl groups excluding tert-OH is 1. The number of imidazole rings is 1. The fourth-order valence-corrected chi connectivity index (χ4v) is 3.75. The molecule has 7 nitrogen and oxygen atoms in total. The highest BCUT2D eigenvalue weighted by Gasteiger charge is 2.51. The van der Waals surface area contributed by atoms with Crippen molar-refractivity contribution in [3.05, 3.63) is 41.3 Å². The first kappa shape index (κ1) is 16.5. The Labute approximate surface area is 145 Å². The second-order valence-electron chi connectivity index (χ2n) is 7.07. The van der Waals surface area contributed by atoms with Crippen LogP contribution in [0.2, 0.25) is 0 Å². The number of hydrogen-bond acceptors (Lipinski definition) is 5. The summed E-state index contributed by atoms with van der Waals surface area (Å²) in [6.45, 7) is 9.49. The normalized spacial score (nSPS) is 31.2. The van der Waals surface area contributed by atoms with Crippen LogP contribution in [0.15, 0.2) is 35.6 Å². The molecule has 4 rings (SSSR count). The molecule has 4 atom stereocenters. The van der Waals surface area contributed by atoms with Gasteiger partial charge in [-0.25, -0.2) is 4.79 Å². The molecular weight excluding hydrogens is 324 g/mol. The summed E-state index contributed by atoms with van der Waals surface area (Å²) in [5.74, 6) is -0.786. The lowest BCUT2D eigenvalue weighted by Gasteiger charge is -2.35. The molecule has 3 heterocycles. The number of nitrogens with zero attached hydrogens (tertiary/aromatic N) is 2. The van der Waals surface area contributed by atoms with Crippen LogP contribution >= 0.6 is 0 Å². The van der Waals surface area contributed by atoms with E-state index in [9.17, 15) is 9.90 Å². The lowest BCUT2D eigenvalue weighted by atomic mass is 10.0. The number of aromatic nitrogens is 2.